The van der Waals surface area contributed by atoms with E-state index in [1.54, 1.807) is 11.9 Å². The van der Waals surface area contributed by atoms with Gasteiger partial charge in [-0.1, -0.05) is 0 Å². The van der Waals surface area contributed by atoms with E-state index in [9.17, 15) is 9.18 Å². The maximum absolute atomic E-state index is 12.9. The molecule has 1 aliphatic carbocycles. The van der Waals surface area contributed by atoms with Gasteiger partial charge in [0, 0.05) is 18.8 Å². The van der Waals surface area contributed by atoms with Crippen LogP contribution in [0.15, 0.2) is 18.2 Å². The van der Waals surface area contributed by atoms with Crippen molar-refractivity contribution in [2.45, 2.75) is 25.8 Å². The Labute approximate surface area is 100 Å². The SMILES string of the molecule is CC(C1CC1)N(C)C(=O)c1ccc(F)cc1N. The van der Waals surface area contributed by atoms with E-state index >= 15 is 0 Å². The molecule has 0 aromatic heterocycles. The predicted octanol–water partition coefficient (Wildman–Crippen LogP) is 2.28. The summed E-state index contributed by atoms with van der Waals surface area (Å²) in [6.45, 7) is 2.04. The molecule has 1 atom stereocenters. The molecule has 3 nitrogen and oxygen atoms in total. The highest BCUT2D eigenvalue weighted by Gasteiger charge is 2.33. The topological polar surface area (TPSA) is 46.3 Å². The Morgan fingerprint density at radius 3 is 2.71 bits per heavy atom. The number of nitrogens with zero attached hydrogens (tertiary/aromatic N) is 1. The van der Waals surface area contributed by atoms with Crippen LogP contribution in [0.4, 0.5) is 10.1 Å². The zero-order valence-corrected chi connectivity index (χ0v) is 10.1. The van der Waals surface area contributed by atoms with E-state index in [0.717, 1.165) is 0 Å². The van der Waals surface area contributed by atoms with Crippen LogP contribution >= 0.6 is 0 Å². The lowest BCUT2D eigenvalue weighted by atomic mass is 10.1. The van der Waals surface area contributed by atoms with Crippen LogP contribution in [0, 0.1) is 11.7 Å². The number of amides is 1. The fourth-order valence-electron chi connectivity index (χ4n) is 2.00. The van der Waals surface area contributed by atoms with Gasteiger partial charge in [0.25, 0.3) is 5.91 Å². The van der Waals surface area contributed by atoms with E-state index in [1.165, 1.54) is 31.0 Å². The van der Waals surface area contributed by atoms with Gasteiger partial charge in [-0.3, -0.25) is 4.79 Å². The van der Waals surface area contributed by atoms with Crippen LogP contribution in [0.1, 0.15) is 30.1 Å². The Bertz CT molecular complexity index is 443. The normalized spacial score (nSPS) is 16.6. The summed E-state index contributed by atoms with van der Waals surface area (Å²) in [6.07, 6.45) is 2.36. The minimum atomic E-state index is -0.419. The molecule has 1 aliphatic rings. The second kappa shape index (κ2) is 4.35. The Morgan fingerprint density at radius 2 is 2.18 bits per heavy atom. The third-order valence-electron chi connectivity index (χ3n) is 3.48. The Morgan fingerprint density at radius 1 is 1.53 bits per heavy atom. The molecule has 4 heteroatoms. The molecule has 0 heterocycles. The average Bonchev–Trinajstić information content (AvgIpc) is 3.10. The van der Waals surface area contributed by atoms with Crippen molar-refractivity contribution in [2.75, 3.05) is 12.8 Å². The second-order valence-corrected chi connectivity index (χ2v) is 4.73. The van der Waals surface area contributed by atoms with Gasteiger partial charge in [0.1, 0.15) is 5.82 Å². The number of hydrogen-bond acceptors (Lipinski definition) is 2. The summed E-state index contributed by atoms with van der Waals surface area (Å²) in [5.74, 6) is 0.0458. The van der Waals surface area contributed by atoms with Crippen LogP contribution in [-0.2, 0) is 0 Å². The third-order valence-corrected chi connectivity index (χ3v) is 3.48. The minimum absolute atomic E-state index is 0.137. The smallest absolute Gasteiger partial charge is 0.255 e. The molecule has 0 radical (unpaired) electrons. The van der Waals surface area contributed by atoms with E-state index in [2.05, 4.69) is 0 Å². The van der Waals surface area contributed by atoms with Crippen LogP contribution in [0.2, 0.25) is 0 Å². The first-order valence-electron chi connectivity index (χ1n) is 5.83. The quantitative estimate of drug-likeness (QED) is 0.818. The summed E-state index contributed by atoms with van der Waals surface area (Å²) in [5, 5.41) is 0. The molecule has 1 aromatic carbocycles. The van der Waals surface area contributed by atoms with Crippen LogP contribution in [0.3, 0.4) is 0 Å². The molecule has 2 rings (SSSR count). The van der Waals surface area contributed by atoms with E-state index < -0.39 is 5.82 Å². The van der Waals surface area contributed by atoms with Gasteiger partial charge in [0.2, 0.25) is 0 Å². The number of benzene rings is 1. The molecule has 0 spiro atoms. The zero-order chi connectivity index (χ0) is 12.6. The molecule has 1 aromatic rings. The number of rotatable bonds is 3. The number of anilines is 1. The van der Waals surface area contributed by atoms with Crippen molar-refractivity contribution in [1.82, 2.24) is 4.90 Å². The zero-order valence-electron chi connectivity index (χ0n) is 10.1. The maximum Gasteiger partial charge on any atom is 0.255 e. The second-order valence-electron chi connectivity index (χ2n) is 4.73. The molecule has 1 unspecified atom stereocenters. The van der Waals surface area contributed by atoms with E-state index in [1.807, 2.05) is 6.92 Å². The fourth-order valence-corrected chi connectivity index (χ4v) is 2.00. The van der Waals surface area contributed by atoms with Gasteiger partial charge >= 0.3 is 0 Å². The number of nitrogens with two attached hydrogens (primary N) is 1. The first-order chi connectivity index (χ1) is 8.00. The molecule has 0 aliphatic heterocycles. The number of carbonyl (C=O) groups is 1. The van der Waals surface area contributed by atoms with E-state index in [0.29, 0.717) is 11.5 Å². The Balaban J connectivity index is 2.18. The Kier molecular flexibility index (Phi) is 3.05. The monoisotopic (exact) mass is 236 g/mol. The number of hydrogen-bond donors (Lipinski definition) is 1. The molecule has 1 fully saturated rings. The lowest BCUT2D eigenvalue weighted by Crippen LogP contribution is -2.36. The third kappa shape index (κ3) is 2.40. The highest BCUT2D eigenvalue weighted by molar-refractivity contribution is 5.99. The average molecular weight is 236 g/mol. The summed E-state index contributed by atoms with van der Waals surface area (Å²) in [6, 6.07) is 4.11. The molecule has 0 bridgehead atoms. The highest BCUT2D eigenvalue weighted by Crippen LogP contribution is 2.35. The van der Waals surface area contributed by atoms with Gasteiger partial charge < -0.3 is 10.6 Å². The van der Waals surface area contributed by atoms with Gasteiger partial charge in [0.15, 0.2) is 0 Å². The van der Waals surface area contributed by atoms with Crippen LogP contribution in [-0.4, -0.2) is 23.9 Å². The highest BCUT2D eigenvalue weighted by atomic mass is 19.1. The molecule has 1 amide bonds. The van der Waals surface area contributed by atoms with Crippen molar-refractivity contribution >= 4 is 11.6 Å². The van der Waals surface area contributed by atoms with Crippen LogP contribution in [0.25, 0.3) is 0 Å². The molecule has 17 heavy (non-hydrogen) atoms. The largest absolute Gasteiger partial charge is 0.398 e. The standard InChI is InChI=1S/C13H17FN2O/c1-8(9-3-4-9)16(2)13(17)11-6-5-10(14)7-12(11)15/h5-9H,3-4,15H2,1-2H3. The molecule has 1 saturated carbocycles. The van der Waals surface area contributed by atoms with Crippen molar-refractivity contribution in [1.29, 1.82) is 0 Å². The molecule has 2 N–H and O–H groups in total. The molecular formula is C13H17FN2O. The van der Waals surface area contributed by atoms with E-state index in [4.69, 9.17) is 5.73 Å². The van der Waals surface area contributed by atoms with Gasteiger partial charge in [-0.15, -0.1) is 0 Å². The summed E-state index contributed by atoms with van der Waals surface area (Å²) in [7, 11) is 1.77. The lowest BCUT2D eigenvalue weighted by Gasteiger charge is -2.25. The number of halogens is 1. The van der Waals surface area contributed by atoms with Gasteiger partial charge in [-0.2, -0.15) is 0 Å². The van der Waals surface area contributed by atoms with Crippen molar-refractivity contribution in [3.8, 4) is 0 Å². The number of carbonyl (C=O) groups excluding carboxylic acids is 1. The summed E-state index contributed by atoms with van der Waals surface area (Å²) < 4.78 is 12.9. The van der Waals surface area contributed by atoms with Gasteiger partial charge in [-0.25, -0.2) is 4.39 Å². The van der Waals surface area contributed by atoms with Crippen LogP contribution < -0.4 is 5.73 Å². The Hall–Kier alpha value is -1.58. The van der Waals surface area contributed by atoms with Gasteiger partial charge in [0.05, 0.1) is 5.56 Å². The number of nitrogen functional groups attached to an aromatic ring is 1. The molecule has 92 valence electrons. The van der Waals surface area contributed by atoms with E-state index in [-0.39, 0.29) is 17.6 Å². The van der Waals surface area contributed by atoms with Gasteiger partial charge in [-0.05, 0) is 43.9 Å². The van der Waals surface area contributed by atoms with Crippen molar-refractivity contribution in [2.24, 2.45) is 5.92 Å². The summed E-state index contributed by atoms with van der Waals surface area (Å²) in [4.78, 5) is 13.9. The fraction of sp³-hybridized carbons (Fsp3) is 0.462. The van der Waals surface area contributed by atoms with Crippen molar-refractivity contribution in [3.05, 3.63) is 29.6 Å². The summed E-state index contributed by atoms with van der Waals surface area (Å²) >= 11 is 0. The van der Waals surface area contributed by atoms with Crippen LogP contribution in [0.5, 0.6) is 0 Å². The minimum Gasteiger partial charge on any atom is -0.398 e. The lowest BCUT2D eigenvalue weighted by molar-refractivity contribution is 0.0728. The van der Waals surface area contributed by atoms with Crippen molar-refractivity contribution in [3.63, 3.8) is 0 Å². The maximum atomic E-state index is 12.9. The van der Waals surface area contributed by atoms with Crippen molar-refractivity contribution < 1.29 is 9.18 Å². The first kappa shape index (κ1) is 11.9. The molecular weight excluding hydrogens is 219 g/mol. The predicted molar refractivity (Wildman–Crippen MR) is 65.1 cm³/mol. The first-order valence-corrected chi connectivity index (χ1v) is 5.83. The molecule has 0 saturated heterocycles. The summed E-state index contributed by atoms with van der Waals surface area (Å²) in [5.41, 5.74) is 6.24.